The molecule has 0 unspecified atom stereocenters. The highest BCUT2D eigenvalue weighted by molar-refractivity contribution is 7.89. The van der Waals surface area contributed by atoms with E-state index in [0.29, 0.717) is 13.2 Å². The topological polar surface area (TPSA) is 91.8 Å². The fraction of sp³-hybridized carbons (Fsp3) is 0.625. The van der Waals surface area contributed by atoms with Crippen LogP contribution in [0.1, 0.15) is 13.3 Å². The van der Waals surface area contributed by atoms with E-state index in [1.54, 1.807) is 11.0 Å². The van der Waals surface area contributed by atoms with Gasteiger partial charge in [0, 0.05) is 32.0 Å². The molecule has 2 fully saturated rings. The Morgan fingerprint density at radius 3 is 3.00 bits per heavy atom. The fourth-order valence-electron chi connectivity index (χ4n) is 3.38. The van der Waals surface area contributed by atoms with Crippen molar-refractivity contribution in [3.8, 4) is 0 Å². The molecule has 2 aliphatic rings. The van der Waals surface area contributed by atoms with Crippen LogP contribution < -0.4 is 4.72 Å². The first-order chi connectivity index (χ1) is 12.0. The van der Waals surface area contributed by atoms with Crippen molar-refractivity contribution in [2.24, 2.45) is 0 Å². The minimum atomic E-state index is -3.74. The lowest BCUT2D eigenvalue weighted by Gasteiger charge is -2.46. The molecule has 0 spiro atoms. The van der Waals surface area contributed by atoms with Crippen LogP contribution in [0.5, 0.6) is 0 Å². The summed E-state index contributed by atoms with van der Waals surface area (Å²) in [6.07, 6.45) is 3.69. The third kappa shape index (κ3) is 4.17. The SMILES string of the molecule is CCN1CC[C@H]2OCCN(C(=O)CNS(=O)(=O)c3cccnc3)[C@H]2C1. The first-order valence-corrected chi connectivity index (χ1v) is 10.0. The number of carbonyl (C=O) groups is 1. The van der Waals surface area contributed by atoms with Gasteiger partial charge in [-0.2, -0.15) is 0 Å². The van der Waals surface area contributed by atoms with Crippen molar-refractivity contribution in [1.82, 2.24) is 19.5 Å². The number of piperidine rings is 1. The number of hydrogen-bond acceptors (Lipinski definition) is 6. The molecule has 0 radical (unpaired) electrons. The van der Waals surface area contributed by atoms with Gasteiger partial charge in [0.2, 0.25) is 15.9 Å². The van der Waals surface area contributed by atoms with Crippen LogP contribution in [0.25, 0.3) is 0 Å². The Kier molecular flexibility index (Phi) is 5.67. The number of rotatable bonds is 5. The quantitative estimate of drug-likeness (QED) is 0.766. The lowest BCUT2D eigenvalue weighted by Crippen LogP contribution is -2.62. The second-order valence-electron chi connectivity index (χ2n) is 6.26. The number of nitrogens with one attached hydrogen (secondary N) is 1. The summed E-state index contributed by atoms with van der Waals surface area (Å²) in [4.78, 5) is 20.5. The molecule has 25 heavy (non-hydrogen) atoms. The maximum Gasteiger partial charge on any atom is 0.242 e. The highest BCUT2D eigenvalue weighted by Crippen LogP contribution is 2.23. The van der Waals surface area contributed by atoms with E-state index in [2.05, 4.69) is 21.5 Å². The van der Waals surface area contributed by atoms with Crippen molar-refractivity contribution in [2.75, 3.05) is 39.3 Å². The first kappa shape index (κ1) is 18.2. The Balaban J connectivity index is 1.64. The molecule has 2 saturated heterocycles. The number of amides is 1. The van der Waals surface area contributed by atoms with Crippen LogP contribution in [0.15, 0.2) is 29.4 Å². The van der Waals surface area contributed by atoms with Crippen molar-refractivity contribution in [1.29, 1.82) is 0 Å². The molecule has 0 bridgehead atoms. The van der Waals surface area contributed by atoms with Gasteiger partial charge in [0.25, 0.3) is 0 Å². The summed E-state index contributed by atoms with van der Waals surface area (Å²) in [6.45, 7) is 5.49. The van der Waals surface area contributed by atoms with Gasteiger partial charge in [-0.25, -0.2) is 13.1 Å². The van der Waals surface area contributed by atoms with Crippen LogP contribution in [-0.4, -0.2) is 80.6 Å². The van der Waals surface area contributed by atoms with Gasteiger partial charge in [-0.05, 0) is 25.1 Å². The molecule has 2 aliphatic heterocycles. The molecule has 9 heteroatoms. The molecule has 8 nitrogen and oxygen atoms in total. The third-order valence-electron chi connectivity index (χ3n) is 4.79. The highest BCUT2D eigenvalue weighted by atomic mass is 32.2. The van der Waals surface area contributed by atoms with E-state index in [-0.39, 0.29) is 29.5 Å². The summed E-state index contributed by atoms with van der Waals surface area (Å²) >= 11 is 0. The zero-order valence-corrected chi connectivity index (χ0v) is 15.1. The van der Waals surface area contributed by atoms with E-state index in [4.69, 9.17) is 4.74 Å². The number of morpholine rings is 1. The molecule has 1 N–H and O–H groups in total. The largest absolute Gasteiger partial charge is 0.374 e. The zero-order chi connectivity index (χ0) is 17.9. The monoisotopic (exact) mass is 368 g/mol. The summed E-state index contributed by atoms with van der Waals surface area (Å²) in [7, 11) is -3.74. The predicted molar refractivity (Wildman–Crippen MR) is 91.4 cm³/mol. The van der Waals surface area contributed by atoms with E-state index in [1.165, 1.54) is 18.5 Å². The summed E-state index contributed by atoms with van der Waals surface area (Å²) in [6, 6.07) is 2.98. The molecular formula is C16H24N4O4S. The Morgan fingerprint density at radius 1 is 1.44 bits per heavy atom. The lowest BCUT2D eigenvalue weighted by atomic mass is 9.98. The van der Waals surface area contributed by atoms with E-state index >= 15 is 0 Å². The van der Waals surface area contributed by atoms with Gasteiger partial charge in [-0.1, -0.05) is 6.92 Å². The molecule has 0 aliphatic carbocycles. The molecule has 3 rings (SSSR count). The predicted octanol–water partition coefficient (Wildman–Crippen LogP) is -0.318. The van der Waals surface area contributed by atoms with Gasteiger partial charge in [-0.15, -0.1) is 0 Å². The Morgan fingerprint density at radius 2 is 2.28 bits per heavy atom. The number of likely N-dealkylation sites (tertiary alicyclic amines) is 1. The minimum absolute atomic E-state index is 0.0159. The van der Waals surface area contributed by atoms with Crippen LogP contribution in [0.2, 0.25) is 0 Å². The van der Waals surface area contributed by atoms with Crippen molar-refractivity contribution in [3.05, 3.63) is 24.5 Å². The number of fused-ring (bicyclic) bond motifs is 1. The Bertz CT molecular complexity index is 697. The summed E-state index contributed by atoms with van der Waals surface area (Å²) in [5.74, 6) is -0.219. The second-order valence-corrected chi connectivity index (χ2v) is 8.03. The third-order valence-corrected chi connectivity index (χ3v) is 6.18. The van der Waals surface area contributed by atoms with Gasteiger partial charge < -0.3 is 14.5 Å². The number of ether oxygens (including phenoxy) is 1. The van der Waals surface area contributed by atoms with Crippen molar-refractivity contribution in [3.63, 3.8) is 0 Å². The number of likely N-dealkylation sites (N-methyl/N-ethyl adjacent to an activating group) is 1. The lowest BCUT2D eigenvalue weighted by molar-refractivity contribution is -0.151. The van der Waals surface area contributed by atoms with Gasteiger partial charge in [0.05, 0.1) is 25.3 Å². The van der Waals surface area contributed by atoms with Crippen LogP contribution >= 0.6 is 0 Å². The number of pyridine rings is 1. The van der Waals surface area contributed by atoms with Crippen LogP contribution in [0.4, 0.5) is 0 Å². The second kappa shape index (κ2) is 7.77. The van der Waals surface area contributed by atoms with Gasteiger partial charge in [0.15, 0.2) is 0 Å². The number of carbonyl (C=O) groups excluding carboxylic acids is 1. The zero-order valence-electron chi connectivity index (χ0n) is 14.3. The maximum absolute atomic E-state index is 12.6. The molecule has 3 heterocycles. The first-order valence-electron chi connectivity index (χ1n) is 8.54. The Labute approximate surface area is 148 Å². The molecule has 0 aromatic carbocycles. The highest BCUT2D eigenvalue weighted by Gasteiger charge is 2.38. The standard InChI is InChI=1S/C16H24N4O4S/c1-2-19-7-5-15-14(12-19)20(8-9-24-15)16(21)11-18-25(22,23)13-4-3-6-17-10-13/h3-4,6,10,14-15,18H,2,5,7-9,11-12H2,1H3/t14-,15+/m0/s1. The van der Waals surface area contributed by atoms with Gasteiger partial charge in [-0.3, -0.25) is 9.78 Å². The van der Waals surface area contributed by atoms with E-state index < -0.39 is 10.0 Å². The number of hydrogen-bond donors (Lipinski definition) is 1. The summed E-state index contributed by atoms with van der Waals surface area (Å²) in [5.41, 5.74) is 0. The normalized spacial score (nSPS) is 24.8. The van der Waals surface area contributed by atoms with E-state index in [1.807, 2.05) is 0 Å². The van der Waals surface area contributed by atoms with E-state index in [9.17, 15) is 13.2 Å². The van der Waals surface area contributed by atoms with Crippen molar-refractivity contribution >= 4 is 15.9 Å². The average Bonchev–Trinajstić information content (AvgIpc) is 2.66. The number of aromatic nitrogens is 1. The molecule has 1 aromatic rings. The molecule has 1 aromatic heterocycles. The van der Waals surface area contributed by atoms with E-state index in [0.717, 1.165) is 26.1 Å². The molecule has 1 amide bonds. The van der Waals surface area contributed by atoms with Crippen molar-refractivity contribution in [2.45, 2.75) is 30.4 Å². The summed E-state index contributed by atoms with van der Waals surface area (Å²) < 4.78 is 32.7. The van der Waals surface area contributed by atoms with Crippen LogP contribution in [0.3, 0.4) is 0 Å². The minimum Gasteiger partial charge on any atom is -0.374 e. The smallest absolute Gasteiger partial charge is 0.242 e. The fourth-order valence-corrected chi connectivity index (χ4v) is 4.32. The van der Waals surface area contributed by atoms with Crippen LogP contribution in [-0.2, 0) is 19.6 Å². The maximum atomic E-state index is 12.6. The van der Waals surface area contributed by atoms with Gasteiger partial charge in [0.1, 0.15) is 4.90 Å². The average molecular weight is 368 g/mol. The molecule has 2 atom stereocenters. The molecule has 0 saturated carbocycles. The summed E-state index contributed by atoms with van der Waals surface area (Å²) in [5, 5.41) is 0. The molecular weight excluding hydrogens is 344 g/mol. The van der Waals surface area contributed by atoms with Gasteiger partial charge >= 0.3 is 0 Å². The molecule has 138 valence electrons. The van der Waals surface area contributed by atoms with Crippen LogP contribution in [0, 0.1) is 0 Å². The van der Waals surface area contributed by atoms with Crippen molar-refractivity contribution < 1.29 is 17.9 Å². The Hall–Kier alpha value is -1.55. The number of sulfonamides is 1. The number of nitrogens with zero attached hydrogens (tertiary/aromatic N) is 3.